The average Bonchev–Trinajstić information content (AvgIpc) is 3.49. The first-order chi connectivity index (χ1) is 14.1. The summed E-state index contributed by atoms with van der Waals surface area (Å²) < 4.78 is 13.4. The summed E-state index contributed by atoms with van der Waals surface area (Å²) in [5.74, 6) is 2.01. The molecule has 2 fully saturated rings. The summed E-state index contributed by atoms with van der Waals surface area (Å²) in [4.78, 5) is 23.1. The molecule has 154 valence electrons. The van der Waals surface area contributed by atoms with Crippen LogP contribution in [0.5, 0.6) is 0 Å². The number of carbonyl (C=O) groups excluding carboxylic acids is 1. The highest BCUT2D eigenvalue weighted by atomic mass is 19.1. The summed E-state index contributed by atoms with van der Waals surface area (Å²) >= 11 is 0. The van der Waals surface area contributed by atoms with E-state index < -0.39 is 0 Å². The van der Waals surface area contributed by atoms with Crippen LogP contribution in [0, 0.1) is 11.7 Å². The van der Waals surface area contributed by atoms with Crippen molar-refractivity contribution in [3.05, 3.63) is 41.8 Å². The summed E-state index contributed by atoms with van der Waals surface area (Å²) in [5, 5.41) is 6.49. The molecule has 4 rings (SSSR count). The van der Waals surface area contributed by atoms with Gasteiger partial charge in [-0.3, -0.25) is 4.79 Å². The minimum absolute atomic E-state index is 0.243. The fourth-order valence-electron chi connectivity index (χ4n) is 3.58. The standard InChI is InChI=1S/C22H28FN5O/c1-28(21(29)16-5-2-6-16)12-4-11-24-20-19(15-9-10-15)14-25-22(27-20)26-18-8-3-7-17(23)13-18/h3,7-8,13-16H,2,4-6,9-12H2,1H3,(H2,24,25,26,27). The van der Waals surface area contributed by atoms with Gasteiger partial charge in [0.25, 0.3) is 0 Å². The number of nitrogens with zero attached hydrogens (tertiary/aromatic N) is 3. The Morgan fingerprint density at radius 1 is 1.28 bits per heavy atom. The molecule has 7 heteroatoms. The van der Waals surface area contributed by atoms with E-state index in [-0.39, 0.29) is 17.6 Å². The number of anilines is 3. The minimum atomic E-state index is -0.302. The number of carbonyl (C=O) groups is 1. The number of amides is 1. The van der Waals surface area contributed by atoms with Gasteiger partial charge in [-0.15, -0.1) is 0 Å². The molecule has 1 aromatic carbocycles. The van der Waals surface area contributed by atoms with Gasteiger partial charge in [-0.05, 0) is 56.2 Å². The van der Waals surface area contributed by atoms with Crippen molar-refractivity contribution in [1.82, 2.24) is 14.9 Å². The zero-order chi connectivity index (χ0) is 20.2. The van der Waals surface area contributed by atoms with Crippen molar-refractivity contribution in [3.63, 3.8) is 0 Å². The monoisotopic (exact) mass is 397 g/mol. The first-order valence-corrected chi connectivity index (χ1v) is 10.5. The van der Waals surface area contributed by atoms with Crippen LogP contribution in [0.2, 0.25) is 0 Å². The Bertz CT molecular complexity index is 866. The van der Waals surface area contributed by atoms with E-state index in [2.05, 4.69) is 20.6 Å². The van der Waals surface area contributed by atoms with Crippen LogP contribution in [0.4, 0.5) is 21.8 Å². The summed E-state index contributed by atoms with van der Waals surface area (Å²) in [7, 11) is 1.89. The number of hydrogen-bond donors (Lipinski definition) is 2. The van der Waals surface area contributed by atoms with Crippen molar-refractivity contribution in [2.24, 2.45) is 5.92 Å². The Kier molecular flexibility index (Phi) is 5.92. The molecule has 0 aliphatic heterocycles. The molecule has 0 spiro atoms. The van der Waals surface area contributed by atoms with Crippen LogP contribution in [0.1, 0.15) is 50.0 Å². The third-order valence-corrected chi connectivity index (χ3v) is 5.71. The smallest absolute Gasteiger partial charge is 0.229 e. The molecule has 29 heavy (non-hydrogen) atoms. The van der Waals surface area contributed by atoms with Gasteiger partial charge >= 0.3 is 0 Å². The quantitative estimate of drug-likeness (QED) is 0.618. The summed E-state index contributed by atoms with van der Waals surface area (Å²) in [6.07, 6.45) is 8.29. The lowest BCUT2D eigenvalue weighted by atomic mass is 9.84. The van der Waals surface area contributed by atoms with E-state index in [4.69, 9.17) is 0 Å². The van der Waals surface area contributed by atoms with Gasteiger partial charge in [-0.2, -0.15) is 4.98 Å². The van der Waals surface area contributed by atoms with E-state index >= 15 is 0 Å². The van der Waals surface area contributed by atoms with Crippen molar-refractivity contribution >= 4 is 23.4 Å². The molecular formula is C22H28FN5O. The fourth-order valence-corrected chi connectivity index (χ4v) is 3.58. The number of aromatic nitrogens is 2. The largest absolute Gasteiger partial charge is 0.370 e. The molecule has 2 aliphatic carbocycles. The topological polar surface area (TPSA) is 70.2 Å². The number of nitrogens with one attached hydrogen (secondary N) is 2. The predicted octanol–water partition coefficient (Wildman–Crippen LogP) is 4.30. The van der Waals surface area contributed by atoms with E-state index in [1.54, 1.807) is 12.1 Å². The molecule has 0 atom stereocenters. The first-order valence-electron chi connectivity index (χ1n) is 10.5. The van der Waals surface area contributed by atoms with Crippen molar-refractivity contribution in [2.45, 2.75) is 44.4 Å². The SMILES string of the molecule is CN(CCCNc1nc(Nc2cccc(F)c2)ncc1C1CC1)C(=O)C1CCC1. The van der Waals surface area contributed by atoms with Crippen LogP contribution in [0.25, 0.3) is 0 Å². The van der Waals surface area contributed by atoms with Crippen LogP contribution < -0.4 is 10.6 Å². The van der Waals surface area contributed by atoms with Crippen molar-refractivity contribution in [1.29, 1.82) is 0 Å². The lowest BCUT2D eigenvalue weighted by Gasteiger charge is -2.29. The Balaban J connectivity index is 1.34. The number of benzene rings is 1. The number of hydrogen-bond acceptors (Lipinski definition) is 5. The molecule has 0 saturated heterocycles. The highest BCUT2D eigenvalue weighted by Crippen LogP contribution is 2.42. The number of halogens is 1. The van der Waals surface area contributed by atoms with Gasteiger partial charge in [0.15, 0.2) is 0 Å². The van der Waals surface area contributed by atoms with E-state index in [1.165, 1.54) is 18.6 Å². The molecule has 0 radical (unpaired) electrons. The Morgan fingerprint density at radius 2 is 2.10 bits per heavy atom. The first kappa shape index (κ1) is 19.6. The summed E-state index contributed by atoms with van der Waals surface area (Å²) in [5.41, 5.74) is 1.75. The number of rotatable bonds is 9. The third-order valence-electron chi connectivity index (χ3n) is 5.71. The van der Waals surface area contributed by atoms with Gasteiger partial charge in [-0.1, -0.05) is 12.5 Å². The Hall–Kier alpha value is -2.70. The molecular weight excluding hydrogens is 369 g/mol. The average molecular weight is 397 g/mol. The van der Waals surface area contributed by atoms with E-state index in [0.29, 0.717) is 17.6 Å². The van der Waals surface area contributed by atoms with Crippen LogP contribution in [-0.4, -0.2) is 40.9 Å². The van der Waals surface area contributed by atoms with Crippen LogP contribution >= 0.6 is 0 Å². The molecule has 0 bridgehead atoms. The maximum Gasteiger partial charge on any atom is 0.229 e. The second-order valence-corrected chi connectivity index (χ2v) is 8.08. The van der Waals surface area contributed by atoms with Gasteiger partial charge in [0.2, 0.25) is 11.9 Å². The maximum absolute atomic E-state index is 13.4. The second kappa shape index (κ2) is 8.76. The van der Waals surface area contributed by atoms with Gasteiger partial charge < -0.3 is 15.5 Å². The van der Waals surface area contributed by atoms with E-state index in [0.717, 1.165) is 56.6 Å². The zero-order valence-corrected chi connectivity index (χ0v) is 16.8. The van der Waals surface area contributed by atoms with Crippen molar-refractivity contribution in [2.75, 3.05) is 30.8 Å². The van der Waals surface area contributed by atoms with Crippen molar-refractivity contribution in [3.8, 4) is 0 Å². The van der Waals surface area contributed by atoms with Gasteiger partial charge in [0.05, 0.1) is 0 Å². The molecule has 6 nitrogen and oxygen atoms in total. The summed E-state index contributed by atoms with van der Waals surface area (Å²) in [6, 6.07) is 6.25. The minimum Gasteiger partial charge on any atom is -0.370 e. The highest BCUT2D eigenvalue weighted by molar-refractivity contribution is 5.79. The lowest BCUT2D eigenvalue weighted by molar-refractivity contribution is -0.136. The van der Waals surface area contributed by atoms with Gasteiger partial charge in [0.1, 0.15) is 11.6 Å². The molecule has 2 N–H and O–H groups in total. The molecule has 1 aromatic heterocycles. The molecule has 2 saturated carbocycles. The van der Waals surface area contributed by atoms with Gasteiger partial charge in [0, 0.05) is 43.5 Å². The van der Waals surface area contributed by atoms with Crippen LogP contribution in [-0.2, 0) is 4.79 Å². The van der Waals surface area contributed by atoms with Gasteiger partial charge in [-0.25, -0.2) is 9.37 Å². The fraction of sp³-hybridized carbons (Fsp3) is 0.500. The molecule has 2 aliphatic rings. The highest BCUT2D eigenvalue weighted by Gasteiger charge is 2.28. The molecule has 2 aromatic rings. The van der Waals surface area contributed by atoms with E-state index in [9.17, 15) is 9.18 Å². The Morgan fingerprint density at radius 3 is 2.79 bits per heavy atom. The van der Waals surface area contributed by atoms with Crippen LogP contribution in [0.15, 0.2) is 30.5 Å². The predicted molar refractivity (Wildman–Crippen MR) is 112 cm³/mol. The normalized spacial score (nSPS) is 16.2. The maximum atomic E-state index is 13.4. The molecule has 1 heterocycles. The zero-order valence-electron chi connectivity index (χ0n) is 16.8. The summed E-state index contributed by atoms with van der Waals surface area (Å²) in [6.45, 7) is 1.47. The third kappa shape index (κ3) is 5.02. The van der Waals surface area contributed by atoms with Crippen molar-refractivity contribution < 1.29 is 9.18 Å². The second-order valence-electron chi connectivity index (χ2n) is 8.08. The van der Waals surface area contributed by atoms with Crippen LogP contribution in [0.3, 0.4) is 0 Å². The lowest BCUT2D eigenvalue weighted by Crippen LogP contribution is -2.37. The Labute approximate surface area is 170 Å². The van der Waals surface area contributed by atoms with E-state index in [1.807, 2.05) is 18.1 Å². The molecule has 0 unspecified atom stereocenters. The molecule has 1 amide bonds.